The Bertz CT molecular complexity index is 1080. The maximum atomic E-state index is 11.6. The molecule has 0 atom stereocenters. The average molecular weight is 391 g/mol. The summed E-state index contributed by atoms with van der Waals surface area (Å²) in [6.45, 7) is 1.81. The zero-order valence-electron chi connectivity index (χ0n) is 16.5. The van der Waals surface area contributed by atoms with E-state index in [1.807, 2.05) is 42.3 Å². The minimum absolute atomic E-state index is 0.214. The van der Waals surface area contributed by atoms with Gasteiger partial charge in [0.2, 0.25) is 0 Å². The van der Waals surface area contributed by atoms with Gasteiger partial charge in [0.25, 0.3) is 0 Å². The van der Waals surface area contributed by atoms with Crippen LogP contribution in [0, 0.1) is 11.3 Å². The number of hydrogen-bond acceptors (Lipinski definition) is 7. The second kappa shape index (κ2) is 8.93. The van der Waals surface area contributed by atoms with Crippen molar-refractivity contribution in [2.24, 2.45) is 0 Å². The Morgan fingerprint density at radius 3 is 2.69 bits per heavy atom. The lowest BCUT2D eigenvalue weighted by Gasteiger charge is -2.23. The molecule has 0 N–H and O–H groups in total. The maximum Gasteiger partial charge on any atom is 0.344 e. The zero-order chi connectivity index (χ0) is 20.8. The van der Waals surface area contributed by atoms with E-state index in [0.717, 1.165) is 22.3 Å². The molecule has 3 rings (SSSR count). The Balaban J connectivity index is 1.98. The van der Waals surface area contributed by atoms with E-state index in [1.165, 1.54) is 7.11 Å². The summed E-state index contributed by atoms with van der Waals surface area (Å²) < 4.78 is 15.9. The molecular weight excluding hydrogens is 370 g/mol. The van der Waals surface area contributed by atoms with Crippen molar-refractivity contribution in [2.75, 3.05) is 32.3 Å². The molecule has 0 radical (unpaired) electrons. The predicted molar refractivity (Wildman–Crippen MR) is 110 cm³/mol. The summed E-state index contributed by atoms with van der Waals surface area (Å²) in [5, 5.41) is 10.3. The highest BCUT2D eigenvalue weighted by atomic mass is 16.6. The number of esters is 1. The molecule has 0 aliphatic heterocycles. The van der Waals surface area contributed by atoms with Gasteiger partial charge in [0, 0.05) is 24.2 Å². The third-order valence-electron chi connectivity index (χ3n) is 4.36. The Hall–Kier alpha value is -3.79. The van der Waals surface area contributed by atoms with E-state index in [1.54, 1.807) is 25.1 Å². The summed E-state index contributed by atoms with van der Waals surface area (Å²) in [5.74, 6) is 0.472. The topological polar surface area (TPSA) is 84.7 Å². The normalized spacial score (nSPS) is 10.3. The number of carbonyl (C=O) groups excluding carboxylic acids is 1. The van der Waals surface area contributed by atoms with Gasteiger partial charge in [-0.15, -0.1) is 0 Å². The second-order valence-corrected chi connectivity index (χ2v) is 6.14. The van der Waals surface area contributed by atoms with Crippen LogP contribution >= 0.6 is 0 Å². The highest BCUT2D eigenvalue weighted by molar-refractivity contribution is 5.94. The Morgan fingerprint density at radius 2 is 1.97 bits per heavy atom. The first-order valence-electron chi connectivity index (χ1n) is 9.07. The fourth-order valence-corrected chi connectivity index (χ4v) is 2.96. The predicted octanol–water partition coefficient (Wildman–Crippen LogP) is 3.82. The van der Waals surface area contributed by atoms with Crippen LogP contribution < -0.4 is 14.4 Å². The van der Waals surface area contributed by atoms with E-state index >= 15 is 0 Å². The van der Waals surface area contributed by atoms with Crippen LogP contribution in [-0.4, -0.2) is 38.3 Å². The number of para-hydroxylation sites is 1. The molecule has 1 heterocycles. The lowest BCUT2D eigenvalue weighted by molar-refractivity contribution is -0.145. The quantitative estimate of drug-likeness (QED) is 0.566. The molecule has 0 fully saturated rings. The molecule has 0 aliphatic carbocycles. The van der Waals surface area contributed by atoms with Gasteiger partial charge in [0.1, 0.15) is 11.8 Å². The number of fused-ring (bicyclic) bond motifs is 1. The minimum atomic E-state index is -0.452. The minimum Gasteiger partial charge on any atom is -0.493 e. The summed E-state index contributed by atoms with van der Waals surface area (Å²) in [6.07, 6.45) is 0. The monoisotopic (exact) mass is 391 g/mol. The molecule has 2 aromatic carbocycles. The standard InChI is InChI=1S/C22H21N3O4/c1-4-28-22(26)14-29-21-12-16(9-10-20(21)27-3)25(2)19-11-15(13-23)24-18-8-6-5-7-17(18)19/h5-12H,4,14H2,1-3H3. The van der Waals surface area contributed by atoms with Crippen LogP contribution in [0.15, 0.2) is 48.5 Å². The van der Waals surface area contributed by atoms with Gasteiger partial charge >= 0.3 is 5.97 Å². The number of methoxy groups -OCH3 is 1. The number of nitriles is 1. The summed E-state index contributed by atoms with van der Waals surface area (Å²) in [4.78, 5) is 17.9. The Kier molecular flexibility index (Phi) is 6.15. The maximum absolute atomic E-state index is 11.6. The van der Waals surface area contributed by atoms with E-state index < -0.39 is 5.97 Å². The molecule has 0 spiro atoms. The molecule has 1 aromatic heterocycles. The third-order valence-corrected chi connectivity index (χ3v) is 4.36. The highest BCUT2D eigenvalue weighted by Crippen LogP contribution is 2.36. The van der Waals surface area contributed by atoms with Gasteiger partial charge < -0.3 is 19.1 Å². The van der Waals surface area contributed by atoms with Gasteiger partial charge in [-0.25, -0.2) is 9.78 Å². The fourth-order valence-electron chi connectivity index (χ4n) is 2.96. The lowest BCUT2D eigenvalue weighted by atomic mass is 10.1. The summed E-state index contributed by atoms with van der Waals surface area (Å²) >= 11 is 0. The van der Waals surface area contributed by atoms with Gasteiger partial charge in [0.05, 0.1) is 24.9 Å². The lowest BCUT2D eigenvalue weighted by Crippen LogP contribution is -2.15. The van der Waals surface area contributed by atoms with Gasteiger partial charge in [-0.3, -0.25) is 0 Å². The first-order valence-corrected chi connectivity index (χ1v) is 9.07. The molecule has 148 valence electrons. The number of nitrogens with zero attached hydrogens (tertiary/aromatic N) is 3. The first-order chi connectivity index (χ1) is 14.1. The molecule has 3 aromatic rings. The molecule has 0 saturated carbocycles. The number of ether oxygens (including phenoxy) is 3. The number of rotatable bonds is 7. The molecule has 7 heteroatoms. The van der Waals surface area contributed by atoms with Crippen molar-refractivity contribution in [2.45, 2.75) is 6.92 Å². The fraction of sp³-hybridized carbons (Fsp3) is 0.227. The summed E-state index contributed by atoms with van der Waals surface area (Å²) in [5.41, 5.74) is 2.69. The third kappa shape index (κ3) is 4.38. The zero-order valence-corrected chi connectivity index (χ0v) is 16.5. The number of hydrogen-bond donors (Lipinski definition) is 0. The van der Waals surface area contributed by atoms with E-state index in [4.69, 9.17) is 14.2 Å². The molecule has 29 heavy (non-hydrogen) atoms. The van der Waals surface area contributed by atoms with Gasteiger partial charge in [-0.05, 0) is 31.2 Å². The molecule has 7 nitrogen and oxygen atoms in total. The number of pyridine rings is 1. The molecule has 0 amide bonds. The number of carbonyl (C=O) groups is 1. The summed E-state index contributed by atoms with van der Waals surface area (Å²) in [6, 6.07) is 16.9. The van der Waals surface area contributed by atoms with Crippen molar-refractivity contribution in [3.63, 3.8) is 0 Å². The van der Waals surface area contributed by atoms with Crippen molar-refractivity contribution in [3.8, 4) is 17.6 Å². The van der Waals surface area contributed by atoms with Crippen molar-refractivity contribution in [1.29, 1.82) is 5.26 Å². The Morgan fingerprint density at radius 1 is 1.17 bits per heavy atom. The van der Waals surface area contributed by atoms with E-state index in [0.29, 0.717) is 23.8 Å². The van der Waals surface area contributed by atoms with Crippen molar-refractivity contribution >= 4 is 28.2 Å². The molecule has 0 saturated heterocycles. The van der Waals surface area contributed by atoms with Crippen molar-refractivity contribution < 1.29 is 19.0 Å². The van der Waals surface area contributed by atoms with Gasteiger partial charge in [0.15, 0.2) is 18.1 Å². The molecule has 0 unspecified atom stereocenters. The molecule has 0 bridgehead atoms. The highest BCUT2D eigenvalue weighted by Gasteiger charge is 2.15. The van der Waals surface area contributed by atoms with Crippen LogP contribution in [0.5, 0.6) is 11.5 Å². The van der Waals surface area contributed by atoms with Gasteiger partial charge in [-0.1, -0.05) is 18.2 Å². The Labute approximate surface area is 169 Å². The van der Waals surface area contributed by atoms with Crippen LogP contribution in [0.25, 0.3) is 10.9 Å². The number of anilines is 2. The van der Waals surface area contributed by atoms with Crippen LogP contribution in [0.2, 0.25) is 0 Å². The largest absolute Gasteiger partial charge is 0.493 e. The smallest absolute Gasteiger partial charge is 0.344 e. The van der Waals surface area contributed by atoms with Crippen LogP contribution in [0.1, 0.15) is 12.6 Å². The van der Waals surface area contributed by atoms with Crippen molar-refractivity contribution in [1.82, 2.24) is 4.98 Å². The van der Waals surface area contributed by atoms with E-state index in [9.17, 15) is 10.1 Å². The molecule has 0 aliphatic rings. The molecular formula is C22H21N3O4. The van der Waals surface area contributed by atoms with Crippen LogP contribution in [-0.2, 0) is 9.53 Å². The number of aromatic nitrogens is 1. The van der Waals surface area contributed by atoms with E-state index in [-0.39, 0.29) is 6.61 Å². The SMILES string of the molecule is CCOC(=O)COc1cc(N(C)c2cc(C#N)nc3ccccc23)ccc1OC. The van der Waals surface area contributed by atoms with Crippen molar-refractivity contribution in [3.05, 3.63) is 54.2 Å². The van der Waals surface area contributed by atoms with E-state index in [2.05, 4.69) is 11.1 Å². The van der Waals surface area contributed by atoms with Gasteiger partial charge in [-0.2, -0.15) is 5.26 Å². The van der Waals surface area contributed by atoms with Crippen LogP contribution in [0.3, 0.4) is 0 Å². The number of benzene rings is 2. The summed E-state index contributed by atoms with van der Waals surface area (Å²) in [7, 11) is 3.42. The first kappa shape index (κ1) is 20.0. The second-order valence-electron chi connectivity index (χ2n) is 6.14. The average Bonchev–Trinajstić information content (AvgIpc) is 2.76. The van der Waals surface area contributed by atoms with Crippen LogP contribution in [0.4, 0.5) is 11.4 Å².